The van der Waals surface area contributed by atoms with Crippen molar-refractivity contribution in [2.45, 2.75) is 30.1 Å². The molecule has 214 valence electrons. The quantitative estimate of drug-likeness (QED) is 0.284. The minimum Gasteiger partial charge on any atom is -0.497 e. The summed E-state index contributed by atoms with van der Waals surface area (Å²) in [5.74, 6) is 1.39. The molecule has 1 aliphatic heterocycles. The first-order valence-electron chi connectivity index (χ1n) is 13.1. The topological polar surface area (TPSA) is 121 Å². The first-order valence-corrected chi connectivity index (χ1v) is 13.1. The normalized spacial score (nSPS) is 20.6. The predicted octanol–water partition coefficient (Wildman–Crippen LogP) is 2.84. The first-order chi connectivity index (χ1) is 19.9. The fourth-order valence-electron chi connectivity index (χ4n) is 5.28. The number of aromatic amines is 1. The Bertz CT molecular complexity index is 1500. The Hall–Kier alpha value is -4.22. The number of ether oxygens (including phenoxy) is 5. The zero-order valence-electron chi connectivity index (χ0n) is 22.9. The molecule has 1 unspecified atom stereocenters. The number of nitrogens with one attached hydrogen (secondary N) is 1. The molecule has 5 rings (SSSR count). The van der Waals surface area contributed by atoms with Gasteiger partial charge in [0.1, 0.15) is 35.4 Å². The van der Waals surface area contributed by atoms with Crippen LogP contribution in [0.1, 0.15) is 22.9 Å². The van der Waals surface area contributed by atoms with Crippen LogP contribution in [0.25, 0.3) is 0 Å². The number of aromatic nitrogens is 2. The van der Waals surface area contributed by atoms with E-state index in [0.29, 0.717) is 11.5 Å². The van der Waals surface area contributed by atoms with Crippen molar-refractivity contribution in [2.24, 2.45) is 0 Å². The molecule has 0 amide bonds. The molecular formula is C31H32N2O8. The van der Waals surface area contributed by atoms with Crippen LogP contribution < -0.4 is 20.7 Å². The molecule has 0 aliphatic carbocycles. The highest BCUT2D eigenvalue weighted by Crippen LogP contribution is 2.43. The third-order valence-corrected chi connectivity index (χ3v) is 7.34. The monoisotopic (exact) mass is 560 g/mol. The van der Waals surface area contributed by atoms with Crippen LogP contribution in [0.5, 0.6) is 11.5 Å². The fourth-order valence-corrected chi connectivity index (χ4v) is 5.28. The van der Waals surface area contributed by atoms with Gasteiger partial charge < -0.3 is 28.8 Å². The van der Waals surface area contributed by atoms with E-state index < -0.39 is 41.4 Å². The third kappa shape index (κ3) is 5.42. The van der Waals surface area contributed by atoms with Crippen molar-refractivity contribution in [1.29, 1.82) is 0 Å². The Balaban J connectivity index is 1.57. The minimum atomic E-state index is -1.20. The van der Waals surface area contributed by atoms with E-state index in [2.05, 4.69) is 4.98 Å². The van der Waals surface area contributed by atoms with Crippen molar-refractivity contribution in [3.8, 4) is 11.5 Å². The number of methoxy groups -OCH3 is 3. The maximum atomic E-state index is 12.5. The molecule has 0 radical (unpaired) electrons. The molecular weight excluding hydrogens is 528 g/mol. The molecule has 0 saturated carbocycles. The molecule has 4 aromatic rings. The summed E-state index contributed by atoms with van der Waals surface area (Å²) >= 11 is 0. The number of nitrogens with zero attached hydrogens (tertiary/aromatic N) is 1. The molecule has 1 aromatic heterocycles. The Labute approximate surface area is 236 Å². The van der Waals surface area contributed by atoms with Crippen molar-refractivity contribution < 1.29 is 28.8 Å². The summed E-state index contributed by atoms with van der Waals surface area (Å²) in [5, 5.41) is 11.1. The lowest BCUT2D eigenvalue weighted by Gasteiger charge is -2.37. The second kappa shape index (κ2) is 12.1. The van der Waals surface area contributed by atoms with Gasteiger partial charge in [0.25, 0.3) is 5.56 Å². The Morgan fingerprint density at radius 3 is 1.90 bits per heavy atom. The van der Waals surface area contributed by atoms with E-state index in [1.807, 2.05) is 78.9 Å². The van der Waals surface area contributed by atoms with Crippen LogP contribution in [0.2, 0.25) is 0 Å². The van der Waals surface area contributed by atoms with E-state index in [-0.39, 0.29) is 6.61 Å². The summed E-state index contributed by atoms with van der Waals surface area (Å²) in [4.78, 5) is 26.3. The van der Waals surface area contributed by atoms with Crippen molar-refractivity contribution in [2.75, 3.05) is 27.9 Å². The van der Waals surface area contributed by atoms with Crippen LogP contribution in [0, 0.1) is 0 Å². The molecule has 1 fully saturated rings. The standard InChI is InChI=1S/C31H32N2O8/c1-37-23-13-9-21(10-14-23)31(20-7-5-4-6-8-20,22-11-15-24(38-2)16-12-22)40-19-25-28(39-3)27(35)29(41-25)33-18-17-26(34)32-30(33)36/h4-18,25,27-29,35H,19H2,1-3H3,(H,32,34,36)/t25-,27+,28?,29-/m1/s1. The number of aliphatic hydroxyl groups excluding tert-OH is 1. The lowest BCUT2D eigenvalue weighted by atomic mass is 9.80. The number of benzene rings is 3. The van der Waals surface area contributed by atoms with Crippen LogP contribution in [-0.4, -0.2) is 60.9 Å². The van der Waals surface area contributed by atoms with E-state index in [9.17, 15) is 14.7 Å². The van der Waals surface area contributed by atoms with Crippen LogP contribution >= 0.6 is 0 Å². The highest BCUT2D eigenvalue weighted by molar-refractivity contribution is 5.49. The van der Waals surface area contributed by atoms with Gasteiger partial charge in [-0.15, -0.1) is 0 Å². The van der Waals surface area contributed by atoms with Crippen LogP contribution in [0.4, 0.5) is 0 Å². The van der Waals surface area contributed by atoms with Gasteiger partial charge in [-0.05, 0) is 41.0 Å². The summed E-state index contributed by atoms with van der Waals surface area (Å²) in [6.07, 6.45) is -2.60. The summed E-state index contributed by atoms with van der Waals surface area (Å²) < 4.78 is 30.6. The second-order valence-electron chi connectivity index (χ2n) is 9.59. The number of H-pyrrole nitrogens is 1. The Kier molecular flexibility index (Phi) is 8.36. The van der Waals surface area contributed by atoms with Crippen molar-refractivity contribution in [3.05, 3.63) is 129 Å². The predicted molar refractivity (Wildman–Crippen MR) is 150 cm³/mol. The van der Waals surface area contributed by atoms with Gasteiger partial charge in [0.15, 0.2) is 6.23 Å². The van der Waals surface area contributed by atoms with Crippen LogP contribution in [0.3, 0.4) is 0 Å². The summed E-state index contributed by atoms with van der Waals surface area (Å²) in [5.41, 5.74) is 0.156. The molecule has 1 aliphatic rings. The number of hydrogen-bond acceptors (Lipinski definition) is 8. The van der Waals surface area contributed by atoms with E-state index in [1.165, 1.54) is 19.4 Å². The van der Waals surface area contributed by atoms with Crippen LogP contribution in [0.15, 0.2) is 101 Å². The smallest absolute Gasteiger partial charge is 0.330 e. The largest absolute Gasteiger partial charge is 0.497 e. The fraction of sp³-hybridized carbons (Fsp3) is 0.290. The second-order valence-corrected chi connectivity index (χ2v) is 9.59. The lowest BCUT2D eigenvalue weighted by Crippen LogP contribution is -2.40. The molecule has 10 nitrogen and oxygen atoms in total. The number of aliphatic hydroxyl groups is 1. The van der Waals surface area contributed by atoms with E-state index in [1.54, 1.807) is 14.2 Å². The van der Waals surface area contributed by atoms with Crippen molar-refractivity contribution in [1.82, 2.24) is 9.55 Å². The maximum absolute atomic E-state index is 12.5. The van der Waals surface area contributed by atoms with E-state index in [4.69, 9.17) is 23.7 Å². The zero-order chi connectivity index (χ0) is 29.0. The molecule has 4 atom stereocenters. The SMILES string of the molecule is COc1ccc(C(OC[C@H]2O[C@@H](n3ccc(=O)[nH]c3=O)[C@@H](O)C2OC)(c2ccccc2)c2ccc(OC)cc2)cc1. The molecule has 41 heavy (non-hydrogen) atoms. The van der Waals surface area contributed by atoms with Gasteiger partial charge in [0.05, 0.1) is 20.8 Å². The average molecular weight is 561 g/mol. The molecule has 1 saturated heterocycles. The van der Waals surface area contributed by atoms with Gasteiger partial charge in [-0.2, -0.15) is 0 Å². The van der Waals surface area contributed by atoms with E-state index in [0.717, 1.165) is 21.3 Å². The van der Waals surface area contributed by atoms with Crippen molar-refractivity contribution >= 4 is 0 Å². The Morgan fingerprint density at radius 2 is 1.39 bits per heavy atom. The number of hydrogen-bond donors (Lipinski definition) is 2. The Morgan fingerprint density at radius 1 is 0.829 bits per heavy atom. The summed E-state index contributed by atoms with van der Waals surface area (Å²) in [7, 11) is 4.67. The molecule has 0 spiro atoms. The molecule has 10 heteroatoms. The summed E-state index contributed by atoms with van der Waals surface area (Å²) in [6, 6.07) is 26.2. The molecule has 0 bridgehead atoms. The van der Waals surface area contributed by atoms with Gasteiger partial charge in [0, 0.05) is 19.4 Å². The van der Waals surface area contributed by atoms with Gasteiger partial charge in [-0.3, -0.25) is 14.3 Å². The van der Waals surface area contributed by atoms with Crippen LogP contribution in [-0.2, 0) is 19.8 Å². The van der Waals surface area contributed by atoms with Gasteiger partial charge in [0.2, 0.25) is 0 Å². The van der Waals surface area contributed by atoms with E-state index >= 15 is 0 Å². The molecule has 2 N–H and O–H groups in total. The molecule has 2 heterocycles. The van der Waals surface area contributed by atoms with Gasteiger partial charge in [-0.1, -0.05) is 54.6 Å². The first kappa shape index (κ1) is 28.3. The van der Waals surface area contributed by atoms with Crippen molar-refractivity contribution in [3.63, 3.8) is 0 Å². The number of rotatable bonds is 10. The molecule has 3 aromatic carbocycles. The summed E-state index contributed by atoms with van der Waals surface area (Å²) in [6.45, 7) is -0.0167. The highest BCUT2D eigenvalue weighted by atomic mass is 16.6. The van der Waals surface area contributed by atoms with Gasteiger partial charge >= 0.3 is 5.69 Å². The maximum Gasteiger partial charge on any atom is 0.330 e. The zero-order valence-corrected chi connectivity index (χ0v) is 22.9. The average Bonchev–Trinajstić information content (AvgIpc) is 3.33. The highest BCUT2D eigenvalue weighted by Gasteiger charge is 2.47. The minimum absolute atomic E-state index is 0.0167. The van der Waals surface area contributed by atoms with Gasteiger partial charge in [-0.25, -0.2) is 4.79 Å². The third-order valence-electron chi connectivity index (χ3n) is 7.34. The lowest BCUT2D eigenvalue weighted by molar-refractivity contribution is -0.0994.